The summed E-state index contributed by atoms with van der Waals surface area (Å²) in [6.45, 7) is -0.204. The molecule has 1 atom stereocenters. The number of halogens is 1. The highest BCUT2D eigenvalue weighted by molar-refractivity contribution is 4.54. The van der Waals surface area contributed by atoms with Crippen LogP contribution in [0.15, 0.2) is 0 Å². The Labute approximate surface area is 42.5 Å². The number of hydrogen-bond acceptors (Lipinski definition) is 2. The molecule has 0 aromatic heterocycles. The normalized spacial score (nSPS) is 14.1. The van der Waals surface area contributed by atoms with Crippen LogP contribution in [-0.4, -0.2) is 26.4 Å². The van der Waals surface area contributed by atoms with Crippen molar-refractivity contribution in [1.82, 2.24) is 0 Å². The van der Waals surface area contributed by atoms with Crippen LogP contribution in [0.4, 0.5) is 4.39 Å². The molecule has 0 fully saturated rings. The van der Waals surface area contributed by atoms with E-state index in [9.17, 15) is 4.39 Å². The van der Waals surface area contributed by atoms with E-state index in [0.29, 0.717) is 6.61 Å². The number of nitrogens with two attached hydrogens (primary N) is 1. The molecule has 7 heavy (non-hydrogen) atoms. The van der Waals surface area contributed by atoms with Gasteiger partial charge in [0, 0.05) is 7.11 Å². The Kier molecular flexibility index (Phi) is 3.93. The highest BCUT2D eigenvalue weighted by atomic mass is 19.1. The lowest BCUT2D eigenvalue weighted by Crippen LogP contribution is -2.27. The van der Waals surface area contributed by atoms with Crippen molar-refractivity contribution in [2.75, 3.05) is 20.4 Å². The van der Waals surface area contributed by atoms with Crippen LogP contribution in [0, 0.1) is 0 Å². The molecule has 0 aromatic carbocycles. The fraction of sp³-hybridized carbons (Fsp3) is 1.00. The summed E-state index contributed by atoms with van der Waals surface area (Å²) in [7, 11) is 1.50. The van der Waals surface area contributed by atoms with Crippen LogP contribution < -0.4 is 5.73 Å². The molecule has 0 bridgehead atoms. The molecule has 0 spiro atoms. The zero-order chi connectivity index (χ0) is 5.70. The number of rotatable bonds is 3. The third-order valence-corrected chi connectivity index (χ3v) is 0.579. The Balaban J connectivity index is 2.83. The van der Waals surface area contributed by atoms with Crippen LogP contribution in [-0.2, 0) is 4.74 Å². The smallest absolute Gasteiger partial charge is 0.107 e. The maximum absolute atomic E-state index is 11.4. The second-order valence-corrected chi connectivity index (χ2v) is 1.37. The van der Waals surface area contributed by atoms with E-state index < -0.39 is 12.7 Å². The highest BCUT2D eigenvalue weighted by Crippen LogP contribution is 1.78. The lowest BCUT2D eigenvalue weighted by Gasteiger charge is -2.01. The van der Waals surface area contributed by atoms with Gasteiger partial charge in [-0.3, -0.25) is 0 Å². The largest absolute Gasteiger partial charge is 0.383 e. The minimum Gasteiger partial charge on any atom is -0.383 e. The average Bonchev–Trinajstić information content (AvgIpc) is 1.68. The predicted molar refractivity (Wildman–Crippen MR) is 25.8 cm³/mol. The molecule has 0 aliphatic rings. The maximum atomic E-state index is 11.4. The van der Waals surface area contributed by atoms with Gasteiger partial charge in [-0.2, -0.15) is 0 Å². The van der Waals surface area contributed by atoms with Crippen molar-refractivity contribution in [3.8, 4) is 0 Å². The molecule has 44 valence electrons. The summed E-state index contributed by atoms with van der Waals surface area (Å²) in [5.74, 6) is 0. The summed E-state index contributed by atoms with van der Waals surface area (Å²) in [6, 6.07) is -0.440. The number of hydrogen-bond donors (Lipinski definition) is 1. The molecule has 0 saturated carbocycles. The van der Waals surface area contributed by atoms with Gasteiger partial charge in [0.2, 0.25) is 0 Å². The van der Waals surface area contributed by atoms with Crippen LogP contribution in [0.5, 0.6) is 0 Å². The van der Waals surface area contributed by atoms with Crippen LogP contribution in [0.25, 0.3) is 0 Å². The molecule has 0 aliphatic heterocycles. The van der Waals surface area contributed by atoms with Crippen molar-refractivity contribution in [2.45, 2.75) is 6.04 Å². The van der Waals surface area contributed by atoms with Crippen LogP contribution in [0.2, 0.25) is 0 Å². The second kappa shape index (κ2) is 4.02. The van der Waals surface area contributed by atoms with E-state index in [0.717, 1.165) is 0 Å². The molecule has 0 saturated heterocycles. The second-order valence-electron chi connectivity index (χ2n) is 1.37. The van der Waals surface area contributed by atoms with Gasteiger partial charge in [0.1, 0.15) is 6.67 Å². The van der Waals surface area contributed by atoms with E-state index in [4.69, 9.17) is 5.73 Å². The van der Waals surface area contributed by atoms with Gasteiger partial charge in [-0.25, -0.2) is 4.39 Å². The van der Waals surface area contributed by atoms with Crippen molar-refractivity contribution >= 4 is 0 Å². The number of alkyl halides is 1. The van der Waals surface area contributed by atoms with Gasteiger partial charge >= 0.3 is 0 Å². The first kappa shape index (κ1) is 6.85. The van der Waals surface area contributed by atoms with Crippen molar-refractivity contribution in [3.05, 3.63) is 0 Å². The molecule has 0 heterocycles. The molecule has 0 aromatic rings. The van der Waals surface area contributed by atoms with Crippen LogP contribution in [0.1, 0.15) is 0 Å². The van der Waals surface area contributed by atoms with E-state index in [1.165, 1.54) is 7.11 Å². The molecule has 2 N–H and O–H groups in total. The number of methoxy groups -OCH3 is 1. The lowest BCUT2D eigenvalue weighted by atomic mass is 10.4. The zero-order valence-corrected chi connectivity index (χ0v) is 4.36. The summed E-state index contributed by atoms with van der Waals surface area (Å²) in [5.41, 5.74) is 5.08. The molecule has 0 rings (SSSR count). The van der Waals surface area contributed by atoms with Gasteiger partial charge in [0.25, 0.3) is 0 Å². The molecular weight excluding hydrogens is 97.0 g/mol. The first-order chi connectivity index (χ1) is 3.31. The van der Waals surface area contributed by atoms with Crippen molar-refractivity contribution in [3.63, 3.8) is 0 Å². The minimum absolute atomic E-state index is 0.302. The Morgan fingerprint density at radius 1 is 1.86 bits per heavy atom. The summed E-state index contributed by atoms with van der Waals surface area (Å²) in [5, 5.41) is 0. The Morgan fingerprint density at radius 2 is 2.43 bits per heavy atom. The highest BCUT2D eigenvalue weighted by Gasteiger charge is 1.96. The van der Waals surface area contributed by atoms with Gasteiger partial charge in [0.05, 0.1) is 12.6 Å². The molecule has 3 heteroatoms. The van der Waals surface area contributed by atoms with E-state index >= 15 is 0 Å². The van der Waals surface area contributed by atoms with E-state index in [2.05, 4.69) is 4.74 Å². The Morgan fingerprint density at radius 3 is 2.57 bits per heavy atom. The lowest BCUT2D eigenvalue weighted by molar-refractivity contribution is 0.168. The fourth-order valence-corrected chi connectivity index (χ4v) is 0.259. The molecule has 0 aliphatic carbocycles. The summed E-state index contributed by atoms with van der Waals surface area (Å²) >= 11 is 0. The first-order valence-corrected chi connectivity index (χ1v) is 2.11. The van der Waals surface area contributed by atoms with Gasteiger partial charge in [-0.1, -0.05) is 0 Å². The van der Waals surface area contributed by atoms with Crippen molar-refractivity contribution in [2.24, 2.45) is 5.73 Å². The van der Waals surface area contributed by atoms with E-state index in [-0.39, 0.29) is 0 Å². The van der Waals surface area contributed by atoms with Crippen LogP contribution >= 0.6 is 0 Å². The van der Waals surface area contributed by atoms with Gasteiger partial charge in [-0.05, 0) is 0 Å². The first-order valence-electron chi connectivity index (χ1n) is 2.11. The standard InChI is InChI=1S/C4H10FNO/c1-7-3-4(6)2-5/h4H,2-3,6H2,1H3/t4-/m1/s1. The van der Waals surface area contributed by atoms with Gasteiger partial charge < -0.3 is 10.5 Å². The monoisotopic (exact) mass is 107 g/mol. The summed E-state index contributed by atoms with van der Waals surface area (Å²) in [6.07, 6.45) is 0. The van der Waals surface area contributed by atoms with E-state index in [1.807, 2.05) is 0 Å². The Bertz CT molecular complexity index is 42.7. The predicted octanol–water partition coefficient (Wildman–Crippen LogP) is -0.0704. The molecule has 2 nitrogen and oxygen atoms in total. The SMILES string of the molecule is COC[C@H](N)CF. The molecule has 0 radical (unpaired) electrons. The average molecular weight is 107 g/mol. The topological polar surface area (TPSA) is 35.2 Å². The summed E-state index contributed by atoms with van der Waals surface area (Å²) < 4.78 is 15.9. The molecule has 0 unspecified atom stereocenters. The quantitative estimate of drug-likeness (QED) is 0.548. The molecular formula is C4H10FNO. The summed E-state index contributed by atoms with van der Waals surface area (Å²) in [4.78, 5) is 0. The maximum Gasteiger partial charge on any atom is 0.107 e. The fourth-order valence-electron chi connectivity index (χ4n) is 0.259. The molecule has 0 amide bonds. The van der Waals surface area contributed by atoms with E-state index in [1.54, 1.807) is 0 Å². The number of ether oxygens (including phenoxy) is 1. The zero-order valence-electron chi connectivity index (χ0n) is 4.36. The minimum atomic E-state index is -0.506. The van der Waals surface area contributed by atoms with Gasteiger partial charge in [0.15, 0.2) is 0 Å². The third-order valence-electron chi connectivity index (χ3n) is 0.579. The Hall–Kier alpha value is -0.150. The van der Waals surface area contributed by atoms with Crippen molar-refractivity contribution < 1.29 is 9.13 Å². The van der Waals surface area contributed by atoms with Crippen LogP contribution in [0.3, 0.4) is 0 Å². The van der Waals surface area contributed by atoms with Gasteiger partial charge in [-0.15, -0.1) is 0 Å². The van der Waals surface area contributed by atoms with Crippen molar-refractivity contribution in [1.29, 1.82) is 0 Å². The third kappa shape index (κ3) is 3.69.